The van der Waals surface area contributed by atoms with Crippen LogP contribution in [0.15, 0.2) is 26.6 Å². The number of nitrogens with zero attached hydrogens (tertiary/aromatic N) is 1. The van der Waals surface area contributed by atoms with Crippen molar-refractivity contribution in [2.45, 2.75) is 13.5 Å². The highest BCUT2D eigenvalue weighted by molar-refractivity contribution is 9.11. The van der Waals surface area contributed by atoms with Gasteiger partial charge in [-0.25, -0.2) is 4.98 Å². The first kappa shape index (κ1) is 13.8. The third-order valence-corrected chi connectivity index (χ3v) is 4.74. The number of hydrogen-bond donors (Lipinski definition) is 1. The number of ether oxygens (including phenoxy) is 1. The van der Waals surface area contributed by atoms with Gasteiger partial charge in [-0.05, 0) is 44.8 Å². The van der Waals surface area contributed by atoms with Crippen molar-refractivity contribution in [1.29, 1.82) is 0 Å². The lowest BCUT2D eigenvalue weighted by Gasteiger charge is -2.11. The van der Waals surface area contributed by atoms with Crippen LogP contribution in [0.1, 0.15) is 10.6 Å². The van der Waals surface area contributed by atoms with E-state index in [1.165, 1.54) is 4.88 Å². The van der Waals surface area contributed by atoms with Crippen molar-refractivity contribution < 1.29 is 4.74 Å². The fourth-order valence-electron chi connectivity index (χ4n) is 1.49. The first-order chi connectivity index (χ1) is 8.61. The Morgan fingerprint density at radius 3 is 2.72 bits per heavy atom. The molecule has 0 radical (unpaired) electrons. The highest BCUT2D eigenvalue weighted by Gasteiger charge is 2.08. The minimum absolute atomic E-state index is 0.764. The van der Waals surface area contributed by atoms with E-state index in [9.17, 15) is 0 Å². The summed E-state index contributed by atoms with van der Waals surface area (Å²) in [6.07, 6.45) is 0. The zero-order valence-corrected chi connectivity index (χ0v) is 13.9. The lowest BCUT2D eigenvalue weighted by molar-refractivity contribution is 0.412. The molecule has 2 rings (SSSR count). The van der Waals surface area contributed by atoms with E-state index < -0.39 is 0 Å². The van der Waals surface area contributed by atoms with E-state index in [0.29, 0.717) is 0 Å². The minimum Gasteiger partial charge on any atom is -0.495 e. The predicted molar refractivity (Wildman–Crippen MR) is 82.6 cm³/mol. The van der Waals surface area contributed by atoms with Crippen molar-refractivity contribution in [3.63, 3.8) is 0 Å². The number of aryl methyl sites for hydroxylation is 1. The molecule has 0 saturated carbocycles. The largest absolute Gasteiger partial charge is 0.495 e. The fourth-order valence-corrected chi connectivity index (χ4v) is 3.51. The van der Waals surface area contributed by atoms with Gasteiger partial charge < -0.3 is 10.1 Å². The van der Waals surface area contributed by atoms with Crippen molar-refractivity contribution in [2.75, 3.05) is 12.4 Å². The molecule has 0 aliphatic carbocycles. The third kappa shape index (κ3) is 3.05. The number of hydrogen-bond acceptors (Lipinski definition) is 4. The number of aromatic nitrogens is 1. The fraction of sp³-hybridized carbons (Fsp3) is 0.250. The number of halogens is 2. The van der Waals surface area contributed by atoms with Gasteiger partial charge in [0.1, 0.15) is 5.75 Å². The second-order valence-electron chi connectivity index (χ2n) is 3.68. The van der Waals surface area contributed by atoms with Gasteiger partial charge in [0.05, 0.1) is 35.0 Å². The molecule has 0 aliphatic rings. The summed E-state index contributed by atoms with van der Waals surface area (Å²) in [6.45, 7) is 2.78. The van der Waals surface area contributed by atoms with Crippen LogP contribution in [-0.4, -0.2) is 12.1 Å². The summed E-state index contributed by atoms with van der Waals surface area (Å²) in [6, 6.07) is 3.94. The van der Waals surface area contributed by atoms with Crippen LogP contribution in [0.3, 0.4) is 0 Å². The molecule has 0 unspecified atom stereocenters. The first-order valence-electron chi connectivity index (χ1n) is 5.27. The molecule has 3 nitrogen and oxygen atoms in total. The quantitative estimate of drug-likeness (QED) is 0.826. The molecule has 2 aromatic rings. The normalized spacial score (nSPS) is 10.4. The molecule has 0 aliphatic heterocycles. The lowest BCUT2D eigenvalue weighted by atomic mass is 10.3. The van der Waals surface area contributed by atoms with Crippen LogP contribution >= 0.6 is 43.2 Å². The maximum absolute atomic E-state index is 5.28. The molecule has 18 heavy (non-hydrogen) atoms. The zero-order valence-electron chi connectivity index (χ0n) is 9.96. The molecule has 96 valence electrons. The number of nitrogens with one attached hydrogen (secondary N) is 1. The predicted octanol–water partition coefficient (Wildman–Crippen LogP) is 4.60. The molecule has 0 amide bonds. The molecular weight excluding hydrogens is 380 g/mol. The second kappa shape index (κ2) is 6.04. The second-order valence-corrected chi connectivity index (χ2v) is 6.33. The lowest BCUT2D eigenvalue weighted by Crippen LogP contribution is -2.00. The smallest absolute Gasteiger partial charge is 0.135 e. The van der Waals surface area contributed by atoms with Gasteiger partial charge in [-0.15, -0.1) is 11.3 Å². The van der Waals surface area contributed by atoms with Crippen LogP contribution in [0.2, 0.25) is 0 Å². The molecule has 0 saturated heterocycles. The number of thiazole rings is 1. The molecule has 0 bridgehead atoms. The number of anilines is 1. The average molecular weight is 392 g/mol. The number of benzene rings is 1. The Kier molecular flexibility index (Phi) is 4.64. The maximum atomic E-state index is 5.28. The van der Waals surface area contributed by atoms with Crippen molar-refractivity contribution in [2.24, 2.45) is 0 Å². The molecule has 1 aromatic heterocycles. The summed E-state index contributed by atoms with van der Waals surface area (Å²) < 4.78 is 7.21. The van der Waals surface area contributed by atoms with E-state index in [0.717, 1.165) is 32.6 Å². The van der Waals surface area contributed by atoms with Gasteiger partial charge in [-0.1, -0.05) is 0 Å². The van der Waals surface area contributed by atoms with Crippen LogP contribution in [0.25, 0.3) is 0 Å². The maximum Gasteiger partial charge on any atom is 0.135 e. The average Bonchev–Trinajstić information content (AvgIpc) is 2.74. The van der Waals surface area contributed by atoms with Crippen molar-refractivity contribution in [3.8, 4) is 5.75 Å². The first-order valence-corrected chi connectivity index (χ1v) is 7.74. The molecule has 1 N–H and O–H groups in total. The monoisotopic (exact) mass is 390 g/mol. The van der Waals surface area contributed by atoms with E-state index in [1.54, 1.807) is 18.4 Å². The van der Waals surface area contributed by atoms with E-state index in [4.69, 9.17) is 4.74 Å². The summed E-state index contributed by atoms with van der Waals surface area (Å²) >= 11 is 8.64. The SMILES string of the molecule is COc1cc(NCc2scnc2C)c(Br)cc1Br. The number of methoxy groups -OCH3 is 1. The van der Waals surface area contributed by atoms with Gasteiger partial charge in [0.2, 0.25) is 0 Å². The minimum atomic E-state index is 0.764. The molecule has 0 fully saturated rings. The molecule has 6 heteroatoms. The van der Waals surface area contributed by atoms with Gasteiger partial charge >= 0.3 is 0 Å². The summed E-state index contributed by atoms with van der Waals surface area (Å²) in [7, 11) is 1.66. The van der Waals surface area contributed by atoms with Gasteiger partial charge in [-0.3, -0.25) is 0 Å². The van der Waals surface area contributed by atoms with Crippen LogP contribution in [-0.2, 0) is 6.54 Å². The van der Waals surface area contributed by atoms with Crippen LogP contribution in [0, 0.1) is 6.92 Å². The van der Waals surface area contributed by atoms with Gasteiger partial charge in [0, 0.05) is 15.4 Å². The van der Waals surface area contributed by atoms with E-state index in [2.05, 4.69) is 42.2 Å². The summed E-state index contributed by atoms with van der Waals surface area (Å²) in [5.74, 6) is 0.807. The summed E-state index contributed by atoms with van der Waals surface area (Å²) in [4.78, 5) is 5.47. The Morgan fingerprint density at radius 2 is 2.11 bits per heavy atom. The molecule has 0 spiro atoms. The van der Waals surface area contributed by atoms with Crippen LogP contribution in [0.4, 0.5) is 5.69 Å². The van der Waals surface area contributed by atoms with Gasteiger partial charge in [0.15, 0.2) is 0 Å². The molecular formula is C12H12Br2N2OS. The molecule has 1 heterocycles. The Morgan fingerprint density at radius 1 is 1.33 bits per heavy atom. The summed E-state index contributed by atoms with van der Waals surface area (Å²) in [5.41, 5.74) is 3.94. The van der Waals surface area contributed by atoms with E-state index in [-0.39, 0.29) is 0 Å². The molecule has 1 aromatic carbocycles. The van der Waals surface area contributed by atoms with Crippen LogP contribution in [0.5, 0.6) is 5.75 Å². The summed E-state index contributed by atoms with van der Waals surface area (Å²) in [5, 5.41) is 3.38. The standard InChI is InChI=1S/C12H12Br2N2OS/c1-7-12(18-6-16-7)5-15-10-4-11(17-2)9(14)3-8(10)13/h3-4,6,15H,5H2,1-2H3. The van der Waals surface area contributed by atoms with Gasteiger partial charge in [-0.2, -0.15) is 0 Å². The van der Waals surface area contributed by atoms with Crippen molar-refractivity contribution >= 4 is 48.9 Å². The Bertz CT molecular complexity index is 557. The Balaban J connectivity index is 2.16. The topological polar surface area (TPSA) is 34.1 Å². The third-order valence-electron chi connectivity index (χ3n) is 2.53. The van der Waals surface area contributed by atoms with Crippen LogP contribution < -0.4 is 10.1 Å². The Labute approximate surface area is 127 Å². The zero-order chi connectivity index (χ0) is 13.1. The van der Waals surface area contributed by atoms with E-state index >= 15 is 0 Å². The van der Waals surface area contributed by atoms with Crippen molar-refractivity contribution in [3.05, 3.63) is 37.2 Å². The van der Waals surface area contributed by atoms with E-state index in [1.807, 2.05) is 24.6 Å². The molecule has 0 atom stereocenters. The highest BCUT2D eigenvalue weighted by Crippen LogP contribution is 2.34. The number of rotatable bonds is 4. The van der Waals surface area contributed by atoms with Crippen molar-refractivity contribution in [1.82, 2.24) is 4.98 Å². The Hall–Kier alpha value is -0.590. The highest BCUT2D eigenvalue weighted by atomic mass is 79.9. The van der Waals surface area contributed by atoms with Gasteiger partial charge in [0.25, 0.3) is 0 Å².